The van der Waals surface area contributed by atoms with Gasteiger partial charge in [0, 0.05) is 6.42 Å². The van der Waals surface area contributed by atoms with Crippen LogP contribution in [0.5, 0.6) is 0 Å². The molecule has 98 valence electrons. The largest absolute Gasteiger partial charge is 0.469 e. The Balaban J connectivity index is 4.66. The minimum Gasteiger partial charge on any atom is -0.469 e. The normalized spacial score (nSPS) is 13.4. The smallest absolute Gasteiger partial charge is 0.312 e. The van der Waals surface area contributed by atoms with Crippen LogP contribution in [-0.4, -0.2) is 39.2 Å². The van der Waals surface area contributed by atoms with Crippen molar-refractivity contribution in [2.75, 3.05) is 21.3 Å². The molecule has 0 saturated carbocycles. The maximum atomic E-state index is 11.6. The van der Waals surface area contributed by atoms with Crippen LogP contribution in [0.2, 0.25) is 0 Å². The summed E-state index contributed by atoms with van der Waals surface area (Å²) in [4.78, 5) is 33.9. The number of hydrogen-bond acceptors (Lipinski definition) is 6. The average molecular weight is 246 g/mol. The van der Waals surface area contributed by atoms with Gasteiger partial charge in [-0.1, -0.05) is 0 Å². The van der Waals surface area contributed by atoms with Crippen molar-refractivity contribution in [2.45, 2.75) is 26.2 Å². The summed E-state index contributed by atoms with van der Waals surface area (Å²) in [6.45, 7) is 1.55. The quantitative estimate of drug-likeness (QED) is 0.506. The Hall–Kier alpha value is -1.59. The highest BCUT2D eigenvalue weighted by atomic mass is 16.5. The monoisotopic (exact) mass is 246 g/mol. The van der Waals surface area contributed by atoms with E-state index in [0.29, 0.717) is 0 Å². The number of carbonyl (C=O) groups excluding carboxylic acids is 3. The maximum Gasteiger partial charge on any atom is 0.312 e. The van der Waals surface area contributed by atoms with Gasteiger partial charge in [-0.3, -0.25) is 14.4 Å². The number of ether oxygens (including phenoxy) is 3. The number of hydrogen-bond donors (Lipinski definition) is 0. The predicted molar refractivity (Wildman–Crippen MR) is 58.0 cm³/mol. The molecule has 0 aliphatic heterocycles. The second kappa shape index (κ2) is 6.88. The summed E-state index contributed by atoms with van der Waals surface area (Å²) in [7, 11) is 3.73. The van der Waals surface area contributed by atoms with Gasteiger partial charge < -0.3 is 14.2 Å². The lowest BCUT2D eigenvalue weighted by atomic mass is 9.82. The van der Waals surface area contributed by atoms with Crippen molar-refractivity contribution in [2.24, 2.45) is 5.41 Å². The summed E-state index contributed by atoms with van der Waals surface area (Å²) in [5.41, 5.74) is -1.07. The third-order valence-corrected chi connectivity index (χ3v) is 2.55. The van der Waals surface area contributed by atoms with E-state index in [4.69, 9.17) is 0 Å². The van der Waals surface area contributed by atoms with Crippen molar-refractivity contribution in [3.8, 4) is 0 Å². The first-order chi connectivity index (χ1) is 7.89. The SMILES string of the molecule is COC(=O)CC[C@](C)(CC(=O)OC)C(=O)OC. The van der Waals surface area contributed by atoms with Crippen molar-refractivity contribution in [1.82, 2.24) is 0 Å². The average Bonchev–Trinajstić information content (AvgIpc) is 2.34. The zero-order valence-corrected chi connectivity index (χ0v) is 10.6. The topological polar surface area (TPSA) is 78.9 Å². The Kier molecular flexibility index (Phi) is 6.23. The molecule has 0 fully saturated rings. The molecule has 0 aromatic carbocycles. The first kappa shape index (κ1) is 15.4. The van der Waals surface area contributed by atoms with Gasteiger partial charge in [0.1, 0.15) is 0 Å². The van der Waals surface area contributed by atoms with E-state index in [2.05, 4.69) is 14.2 Å². The zero-order chi connectivity index (χ0) is 13.5. The van der Waals surface area contributed by atoms with Gasteiger partial charge in [0.05, 0.1) is 33.2 Å². The highest BCUT2D eigenvalue weighted by Gasteiger charge is 2.37. The van der Waals surface area contributed by atoms with E-state index in [1.165, 1.54) is 21.3 Å². The van der Waals surface area contributed by atoms with Crippen LogP contribution in [0.25, 0.3) is 0 Å². The molecule has 1 atom stereocenters. The first-order valence-corrected chi connectivity index (χ1v) is 5.11. The predicted octanol–water partition coefficient (Wildman–Crippen LogP) is 0.682. The molecule has 0 amide bonds. The molecule has 0 rings (SSSR count). The molecule has 0 N–H and O–H groups in total. The summed E-state index contributed by atoms with van der Waals surface area (Å²) in [6.07, 6.45) is 0.0771. The van der Waals surface area contributed by atoms with Crippen LogP contribution in [0.3, 0.4) is 0 Å². The van der Waals surface area contributed by atoms with E-state index in [0.717, 1.165) is 0 Å². The Morgan fingerprint density at radius 1 is 0.941 bits per heavy atom. The van der Waals surface area contributed by atoms with E-state index in [-0.39, 0.29) is 19.3 Å². The molecule has 0 aromatic heterocycles. The summed E-state index contributed by atoms with van der Waals surface area (Å²) in [5.74, 6) is -1.51. The molecule has 0 bridgehead atoms. The van der Waals surface area contributed by atoms with Crippen molar-refractivity contribution in [3.05, 3.63) is 0 Å². The van der Waals surface area contributed by atoms with Crippen LogP contribution in [0.4, 0.5) is 0 Å². The summed E-state index contributed by atoms with van der Waals surface area (Å²) in [6, 6.07) is 0. The minimum absolute atomic E-state index is 0.0408. The molecule has 6 heteroatoms. The highest BCUT2D eigenvalue weighted by molar-refractivity contribution is 5.83. The van der Waals surface area contributed by atoms with E-state index in [9.17, 15) is 14.4 Å². The van der Waals surface area contributed by atoms with E-state index in [1.807, 2.05) is 0 Å². The fraction of sp³-hybridized carbons (Fsp3) is 0.727. The number of rotatable bonds is 6. The van der Waals surface area contributed by atoms with Crippen molar-refractivity contribution in [3.63, 3.8) is 0 Å². The molecule has 0 aliphatic carbocycles. The molecule has 0 spiro atoms. The van der Waals surface area contributed by atoms with Crippen LogP contribution in [0.1, 0.15) is 26.2 Å². The third kappa shape index (κ3) is 4.84. The van der Waals surface area contributed by atoms with Gasteiger partial charge in [0.25, 0.3) is 0 Å². The van der Waals surface area contributed by atoms with Gasteiger partial charge in [-0.25, -0.2) is 0 Å². The number of esters is 3. The highest BCUT2D eigenvalue weighted by Crippen LogP contribution is 2.30. The van der Waals surface area contributed by atoms with Gasteiger partial charge >= 0.3 is 17.9 Å². The van der Waals surface area contributed by atoms with Crippen LogP contribution in [0.15, 0.2) is 0 Å². The van der Waals surface area contributed by atoms with Gasteiger partial charge in [-0.05, 0) is 13.3 Å². The van der Waals surface area contributed by atoms with Gasteiger partial charge in [-0.15, -0.1) is 0 Å². The second-order valence-corrected chi connectivity index (χ2v) is 3.88. The molecular formula is C11H18O6. The Bertz CT molecular complexity index is 298. The molecule has 0 saturated heterocycles. The van der Waals surface area contributed by atoms with Crippen LogP contribution in [0, 0.1) is 5.41 Å². The Morgan fingerprint density at radius 3 is 1.88 bits per heavy atom. The molecule has 0 aromatic rings. The van der Waals surface area contributed by atoms with Crippen LogP contribution < -0.4 is 0 Å². The van der Waals surface area contributed by atoms with Gasteiger partial charge in [0.15, 0.2) is 0 Å². The minimum atomic E-state index is -1.07. The Morgan fingerprint density at radius 2 is 1.47 bits per heavy atom. The van der Waals surface area contributed by atoms with E-state index >= 15 is 0 Å². The summed E-state index contributed by atoms with van der Waals surface area (Å²) >= 11 is 0. The molecule has 0 unspecified atom stereocenters. The summed E-state index contributed by atoms with van der Waals surface area (Å²) in [5, 5.41) is 0. The molecule has 0 radical (unpaired) electrons. The molecule has 6 nitrogen and oxygen atoms in total. The van der Waals surface area contributed by atoms with Crippen molar-refractivity contribution >= 4 is 17.9 Å². The second-order valence-electron chi connectivity index (χ2n) is 3.88. The summed E-state index contributed by atoms with van der Waals surface area (Å²) < 4.78 is 13.6. The van der Waals surface area contributed by atoms with Gasteiger partial charge in [-0.2, -0.15) is 0 Å². The standard InChI is InChI=1S/C11H18O6/c1-11(10(14)17-4,7-9(13)16-3)6-5-8(12)15-2/h5-7H2,1-4H3/t11-/m1/s1. The fourth-order valence-electron chi connectivity index (χ4n) is 1.38. The lowest BCUT2D eigenvalue weighted by Crippen LogP contribution is -2.33. The molecule has 17 heavy (non-hydrogen) atoms. The first-order valence-electron chi connectivity index (χ1n) is 5.11. The molecule has 0 heterocycles. The van der Waals surface area contributed by atoms with Crippen molar-refractivity contribution in [1.29, 1.82) is 0 Å². The zero-order valence-electron chi connectivity index (χ0n) is 10.6. The lowest BCUT2D eigenvalue weighted by Gasteiger charge is -2.24. The third-order valence-electron chi connectivity index (χ3n) is 2.55. The van der Waals surface area contributed by atoms with Crippen LogP contribution >= 0.6 is 0 Å². The Labute approximate surface area is 100 Å². The van der Waals surface area contributed by atoms with E-state index < -0.39 is 23.3 Å². The fourth-order valence-corrected chi connectivity index (χ4v) is 1.38. The number of methoxy groups -OCH3 is 3. The molecule has 0 aliphatic rings. The van der Waals surface area contributed by atoms with Crippen LogP contribution in [-0.2, 0) is 28.6 Å². The molecular weight excluding hydrogens is 228 g/mol. The van der Waals surface area contributed by atoms with E-state index in [1.54, 1.807) is 6.92 Å². The maximum absolute atomic E-state index is 11.6. The number of carbonyl (C=O) groups is 3. The van der Waals surface area contributed by atoms with Crippen molar-refractivity contribution < 1.29 is 28.6 Å². The van der Waals surface area contributed by atoms with Gasteiger partial charge in [0.2, 0.25) is 0 Å². The lowest BCUT2D eigenvalue weighted by molar-refractivity contribution is -0.160.